The van der Waals surface area contributed by atoms with Crippen molar-refractivity contribution in [3.8, 4) is 11.1 Å². The van der Waals surface area contributed by atoms with Gasteiger partial charge in [-0.25, -0.2) is 17.6 Å². The molecule has 1 heterocycles. The first-order chi connectivity index (χ1) is 16.1. The molecule has 1 fully saturated rings. The summed E-state index contributed by atoms with van der Waals surface area (Å²) < 4.78 is 68.6. The van der Waals surface area contributed by atoms with Gasteiger partial charge in [0.25, 0.3) is 0 Å². The van der Waals surface area contributed by atoms with Crippen molar-refractivity contribution in [3.05, 3.63) is 54.1 Å². The Labute approximate surface area is 200 Å². The highest BCUT2D eigenvalue weighted by atomic mass is 32.2. The lowest BCUT2D eigenvalue weighted by molar-refractivity contribution is -0.192. The largest absolute Gasteiger partial charge is 0.490 e. The number of nitrogens with zero attached hydrogens (tertiary/aromatic N) is 1. The van der Waals surface area contributed by atoms with Gasteiger partial charge in [-0.1, -0.05) is 43.3 Å². The van der Waals surface area contributed by atoms with Gasteiger partial charge in [0.2, 0.25) is 5.91 Å². The molecule has 35 heavy (non-hydrogen) atoms. The fourth-order valence-electron chi connectivity index (χ4n) is 3.44. The second kappa shape index (κ2) is 11.2. The smallest absolute Gasteiger partial charge is 0.475 e. The monoisotopic (exact) mass is 518 g/mol. The summed E-state index contributed by atoms with van der Waals surface area (Å²) in [5.74, 6) is -3.20. The van der Waals surface area contributed by atoms with Gasteiger partial charge in [0.15, 0.2) is 9.84 Å². The Morgan fingerprint density at radius 2 is 1.69 bits per heavy atom. The van der Waals surface area contributed by atoms with E-state index in [0.29, 0.717) is 13.0 Å². The number of amides is 1. The summed E-state index contributed by atoms with van der Waals surface area (Å²) in [6.45, 7) is 2.41. The van der Waals surface area contributed by atoms with Gasteiger partial charge in [-0.2, -0.15) is 13.2 Å². The molecule has 3 rings (SSSR count). The summed E-state index contributed by atoms with van der Waals surface area (Å²) in [5, 5.41) is 7.12. The number of carboxylic acids is 1. The highest BCUT2D eigenvalue weighted by Gasteiger charge is 2.38. The Bertz CT molecular complexity index is 1150. The maximum atomic E-state index is 13.4. The highest BCUT2D eigenvalue weighted by Crippen LogP contribution is 2.27. The van der Waals surface area contributed by atoms with Crippen molar-refractivity contribution in [1.82, 2.24) is 4.90 Å². The van der Waals surface area contributed by atoms with E-state index in [1.165, 1.54) is 11.2 Å². The van der Waals surface area contributed by atoms with Crippen LogP contribution in [0.4, 0.5) is 17.6 Å². The summed E-state index contributed by atoms with van der Waals surface area (Å²) >= 11 is 0. The molecule has 3 N–H and O–H groups in total. The van der Waals surface area contributed by atoms with E-state index in [9.17, 15) is 30.8 Å². The maximum absolute atomic E-state index is 13.4. The third-order valence-corrected chi connectivity index (χ3v) is 6.65. The molecule has 7 nitrogen and oxygen atoms in total. The number of rotatable bonds is 5. The van der Waals surface area contributed by atoms with E-state index >= 15 is 0 Å². The highest BCUT2D eigenvalue weighted by molar-refractivity contribution is 7.90. The Morgan fingerprint density at radius 3 is 2.14 bits per heavy atom. The van der Waals surface area contributed by atoms with Gasteiger partial charge in [-0.05, 0) is 35.2 Å². The van der Waals surface area contributed by atoms with Crippen LogP contribution in [0.15, 0.2) is 53.4 Å². The van der Waals surface area contributed by atoms with E-state index in [-0.39, 0.29) is 23.3 Å². The predicted molar refractivity (Wildman–Crippen MR) is 121 cm³/mol. The molecule has 0 spiro atoms. The van der Waals surface area contributed by atoms with Crippen LogP contribution in [0.5, 0.6) is 0 Å². The Kier molecular flexibility index (Phi) is 9.01. The van der Waals surface area contributed by atoms with Gasteiger partial charge in [0, 0.05) is 18.7 Å². The van der Waals surface area contributed by atoms with E-state index < -0.39 is 34.2 Å². The van der Waals surface area contributed by atoms with Crippen molar-refractivity contribution < 1.29 is 40.7 Å². The molecule has 1 aliphatic heterocycles. The maximum Gasteiger partial charge on any atom is 0.490 e. The van der Waals surface area contributed by atoms with Crippen LogP contribution in [0.3, 0.4) is 0 Å². The van der Waals surface area contributed by atoms with Crippen molar-refractivity contribution in [3.63, 3.8) is 0 Å². The third-order valence-electron chi connectivity index (χ3n) is 5.54. The lowest BCUT2D eigenvalue weighted by Crippen LogP contribution is -2.45. The first-order valence-corrected chi connectivity index (χ1v) is 12.4. The molecule has 192 valence electrons. The van der Waals surface area contributed by atoms with E-state index in [0.717, 1.165) is 16.7 Å². The van der Waals surface area contributed by atoms with Crippen LogP contribution in [-0.2, 0) is 19.4 Å². The van der Waals surface area contributed by atoms with Crippen LogP contribution in [0, 0.1) is 0 Å². The number of likely N-dealkylation sites (tertiary alicyclic amines) is 1. The van der Waals surface area contributed by atoms with Crippen LogP contribution >= 0.6 is 0 Å². The average molecular weight is 519 g/mol. The molecule has 0 aromatic heterocycles. The zero-order valence-electron chi connectivity index (χ0n) is 19.0. The van der Waals surface area contributed by atoms with E-state index in [4.69, 9.17) is 15.6 Å². The quantitative estimate of drug-likeness (QED) is 0.586. The van der Waals surface area contributed by atoms with E-state index in [2.05, 4.69) is 0 Å². The van der Waals surface area contributed by atoms with Gasteiger partial charge >= 0.3 is 12.1 Å². The molecule has 12 heteroatoms. The van der Waals surface area contributed by atoms with Gasteiger partial charge in [0.05, 0.1) is 17.5 Å². The second-order valence-corrected chi connectivity index (χ2v) is 10.2. The number of carboxylic acid groups (broad SMARTS) is 1. The molecule has 0 unspecified atom stereocenters. The normalized spacial score (nSPS) is 17.8. The number of alkyl halides is 4. The Balaban J connectivity index is 0.000000540. The van der Waals surface area contributed by atoms with Crippen molar-refractivity contribution in [2.45, 2.75) is 42.5 Å². The van der Waals surface area contributed by atoms with Gasteiger partial charge < -0.3 is 15.7 Å². The number of hydrogen-bond acceptors (Lipinski definition) is 5. The molecule has 1 aliphatic rings. The number of halogens is 4. The van der Waals surface area contributed by atoms with Crippen molar-refractivity contribution in [2.24, 2.45) is 5.73 Å². The zero-order valence-corrected chi connectivity index (χ0v) is 19.8. The SMILES string of the molecule is C[C@@H](c1ccc(-c2cccc(S(C)(=O)=O)c2)cc1)[C@H](N)C(=O)N1CC[C@H](F)C1.O=C(O)C(F)(F)F. The standard InChI is InChI=1S/C21H25FN2O3S.C2HF3O2/c1-14(20(23)21(25)24-11-10-18(22)13-24)15-6-8-16(9-7-15)17-4-3-5-19(12-17)28(2,26)27;3-2(4,5)1(6)7/h3-9,12,14,18,20H,10-11,13,23H2,1-2H3;(H,6,7)/t14-,18-,20-;/m0./s1. The molecule has 0 saturated carbocycles. The summed E-state index contributed by atoms with van der Waals surface area (Å²) in [4.78, 5) is 23.2. The Morgan fingerprint density at radius 1 is 1.11 bits per heavy atom. The van der Waals surface area contributed by atoms with Gasteiger partial charge in [0.1, 0.15) is 6.17 Å². The first kappa shape index (κ1) is 28.2. The molecule has 0 bridgehead atoms. The van der Waals surface area contributed by atoms with Crippen LogP contribution in [0.25, 0.3) is 11.1 Å². The fourth-order valence-corrected chi connectivity index (χ4v) is 4.10. The topological polar surface area (TPSA) is 118 Å². The van der Waals surface area contributed by atoms with Crippen molar-refractivity contribution in [1.29, 1.82) is 0 Å². The molecule has 2 aromatic carbocycles. The average Bonchev–Trinajstić information content (AvgIpc) is 3.23. The molecular weight excluding hydrogens is 492 g/mol. The number of aliphatic carboxylic acids is 1. The number of hydrogen-bond donors (Lipinski definition) is 2. The minimum absolute atomic E-state index is 0.120. The van der Waals surface area contributed by atoms with Crippen molar-refractivity contribution in [2.75, 3.05) is 19.3 Å². The summed E-state index contributed by atoms with van der Waals surface area (Å²) in [7, 11) is -3.27. The van der Waals surface area contributed by atoms with E-state index in [1.807, 2.05) is 37.3 Å². The molecule has 2 aromatic rings. The third kappa shape index (κ3) is 7.76. The lowest BCUT2D eigenvalue weighted by atomic mass is 9.91. The lowest BCUT2D eigenvalue weighted by Gasteiger charge is -2.25. The number of sulfone groups is 1. The molecule has 0 radical (unpaired) electrons. The molecule has 1 saturated heterocycles. The zero-order chi connectivity index (χ0) is 26.6. The van der Waals surface area contributed by atoms with Crippen LogP contribution in [0.1, 0.15) is 24.8 Å². The van der Waals surface area contributed by atoms with Gasteiger partial charge in [-0.15, -0.1) is 0 Å². The molecular formula is C23H26F4N2O5S. The first-order valence-electron chi connectivity index (χ1n) is 10.5. The number of carbonyl (C=O) groups excluding carboxylic acids is 1. The molecule has 1 amide bonds. The number of benzene rings is 2. The Hall–Kier alpha value is -2.99. The molecule has 3 atom stereocenters. The number of nitrogens with two attached hydrogens (primary N) is 1. The minimum atomic E-state index is -5.08. The second-order valence-electron chi connectivity index (χ2n) is 8.21. The van der Waals surface area contributed by atoms with Crippen LogP contribution in [0.2, 0.25) is 0 Å². The minimum Gasteiger partial charge on any atom is -0.475 e. The van der Waals surface area contributed by atoms with Crippen LogP contribution < -0.4 is 5.73 Å². The van der Waals surface area contributed by atoms with E-state index in [1.54, 1.807) is 18.2 Å². The fraction of sp³-hybridized carbons (Fsp3) is 0.391. The summed E-state index contributed by atoms with van der Waals surface area (Å²) in [5.41, 5.74) is 8.73. The van der Waals surface area contributed by atoms with Gasteiger partial charge in [-0.3, -0.25) is 4.79 Å². The summed E-state index contributed by atoms with van der Waals surface area (Å²) in [6.07, 6.45) is -4.50. The van der Waals surface area contributed by atoms with Crippen molar-refractivity contribution >= 4 is 21.7 Å². The van der Waals surface area contributed by atoms with Crippen LogP contribution in [-0.4, -0.2) is 68.0 Å². The predicted octanol–water partition coefficient (Wildman–Crippen LogP) is 3.39. The number of carbonyl (C=O) groups is 2. The molecule has 0 aliphatic carbocycles. The summed E-state index contributed by atoms with van der Waals surface area (Å²) in [6, 6.07) is 13.6.